The monoisotopic (exact) mass is 439 g/mol. The summed E-state index contributed by atoms with van der Waals surface area (Å²) in [5, 5.41) is 0.667. The summed E-state index contributed by atoms with van der Waals surface area (Å²) in [6.07, 6.45) is 0. The van der Waals surface area contributed by atoms with E-state index in [0.717, 1.165) is 22.2 Å². The van der Waals surface area contributed by atoms with E-state index in [4.69, 9.17) is 27.9 Å². The molecule has 27 heavy (non-hydrogen) atoms. The van der Waals surface area contributed by atoms with Crippen LogP contribution in [-0.4, -0.2) is 35.0 Å². The molecule has 2 aromatic carbocycles. The number of ether oxygens (including phenoxy) is 1. The number of carbonyl (C=O) groups excluding carboxylic acids is 2. The van der Waals surface area contributed by atoms with E-state index in [1.165, 1.54) is 12.1 Å². The summed E-state index contributed by atoms with van der Waals surface area (Å²) in [5.41, 5.74) is 1.57. The molecule has 4 nitrogen and oxygen atoms in total. The predicted molar refractivity (Wildman–Crippen MR) is 114 cm³/mol. The first kappa shape index (κ1) is 20.3. The molecule has 0 bridgehead atoms. The fourth-order valence-electron chi connectivity index (χ4n) is 2.39. The van der Waals surface area contributed by atoms with Gasteiger partial charge in [0.15, 0.2) is 6.61 Å². The summed E-state index contributed by atoms with van der Waals surface area (Å²) < 4.78 is 6.25. The van der Waals surface area contributed by atoms with E-state index in [-0.39, 0.29) is 23.0 Å². The highest BCUT2D eigenvalue weighted by atomic mass is 35.5. The maximum absolute atomic E-state index is 12.5. The highest BCUT2D eigenvalue weighted by Gasteiger charge is 2.17. The van der Waals surface area contributed by atoms with Crippen LogP contribution in [0.15, 0.2) is 47.5 Å². The van der Waals surface area contributed by atoms with Gasteiger partial charge in [-0.25, -0.2) is 4.79 Å². The number of Topliss-reactive ketones (excluding diaryl/α,β-unsaturated/α-hetero) is 1. The lowest BCUT2D eigenvalue weighted by Gasteiger charge is -2.10. The van der Waals surface area contributed by atoms with Crippen molar-refractivity contribution in [2.45, 2.75) is 5.75 Å². The van der Waals surface area contributed by atoms with E-state index in [2.05, 4.69) is 4.99 Å². The molecule has 0 N–H and O–H groups in total. The van der Waals surface area contributed by atoms with Crippen LogP contribution >= 0.6 is 46.7 Å². The topological polar surface area (TPSA) is 55.7 Å². The zero-order chi connectivity index (χ0) is 19.2. The molecule has 0 amide bonds. The Kier molecular flexibility index (Phi) is 7.24. The summed E-state index contributed by atoms with van der Waals surface area (Å²) in [7, 11) is 0. The lowest BCUT2D eigenvalue weighted by atomic mass is 10.1. The molecule has 1 aliphatic heterocycles. The number of benzene rings is 2. The fraction of sp³-hybridized carbons (Fsp3) is 0.211. The van der Waals surface area contributed by atoms with E-state index < -0.39 is 5.97 Å². The Hall–Kier alpha value is -1.47. The van der Waals surface area contributed by atoms with Crippen LogP contribution in [0, 0.1) is 0 Å². The molecule has 0 aliphatic carbocycles. The number of hydrogen-bond acceptors (Lipinski definition) is 6. The number of ketones is 1. The molecule has 140 valence electrons. The average molecular weight is 440 g/mol. The Bertz CT molecular complexity index is 902. The second-order valence-electron chi connectivity index (χ2n) is 5.57. The third kappa shape index (κ3) is 5.51. The Morgan fingerprint density at radius 2 is 1.96 bits per heavy atom. The van der Waals surface area contributed by atoms with Crippen molar-refractivity contribution in [2.24, 2.45) is 4.99 Å². The van der Waals surface area contributed by atoms with Gasteiger partial charge < -0.3 is 4.74 Å². The molecule has 0 saturated carbocycles. The molecule has 3 rings (SSSR count). The van der Waals surface area contributed by atoms with Gasteiger partial charge in [0, 0.05) is 22.1 Å². The number of aliphatic imine (C=N–C) groups is 1. The van der Waals surface area contributed by atoms with Crippen molar-refractivity contribution in [2.75, 3.05) is 18.9 Å². The van der Waals surface area contributed by atoms with Gasteiger partial charge in [0.1, 0.15) is 4.38 Å². The third-order valence-corrected chi connectivity index (χ3v) is 6.56. The number of esters is 1. The molecule has 8 heteroatoms. The van der Waals surface area contributed by atoms with Gasteiger partial charge in [0.25, 0.3) is 0 Å². The zero-order valence-electron chi connectivity index (χ0n) is 14.1. The molecule has 0 radical (unpaired) electrons. The van der Waals surface area contributed by atoms with Gasteiger partial charge >= 0.3 is 5.97 Å². The molecule has 0 spiro atoms. The zero-order valence-corrected chi connectivity index (χ0v) is 17.3. The van der Waals surface area contributed by atoms with E-state index >= 15 is 0 Å². The molecule has 2 aromatic rings. The van der Waals surface area contributed by atoms with Gasteiger partial charge in [-0.05, 0) is 29.8 Å². The summed E-state index contributed by atoms with van der Waals surface area (Å²) in [5.74, 6) is 0.703. The quantitative estimate of drug-likeness (QED) is 0.447. The number of nitrogens with zero attached hydrogens (tertiary/aromatic N) is 1. The molecule has 0 aromatic heterocycles. The van der Waals surface area contributed by atoms with Gasteiger partial charge in [-0.2, -0.15) is 0 Å². The van der Waals surface area contributed by atoms with Crippen molar-refractivity contribution in [3.05, 3.63) is 69.2 Å². The normalized spacial score (nSPS) is 13.3. The van der Waals surface area contributed by atoms with Crippen molar-refractivity contribution >= 4 is 62.9 Å². The first-order chi connectivity index (χ1) is 13.0. The van der Waals surface area contributed by atoms with E-state index in [9.17, 15) is 9.59 Å². The first-order valence-electron chi connectivity index (χ1n) is 8.08. The van der Waals surface area contributed by atoms with E-state index in [1.807, 2.05) is 12.1 Å². The summed E-state index contributed by atoms with van der Waals surface area (Å²) in [6.45, 7) is 0.455. The molecular formula is C19H15Cl2NO3S2. The maximum Gasteiger partial charge on any atom is 0.338 e. The van der Waals surface area contributed by atoms with Crippen LogP contribution in [0.3, 0.4) is 0 Å². The largest absolute Gasteiger partial charge is 0.454 e. The number of halogens is 2. The van der Waals surface area contributed by atoms with Crippen molar-refractivity contribution in [1.29, 1.82) is 0 Å². The Morgan fingerprint density at radius 3 is 2.70 bits per heavy atom. The van der Waals surface area contributed by atoms with Gasteiger partial charge in [-0.1, -0.05) is 64.9 Å². The molecule has 0 atom stereocenters. The second-order valence-corrected chi connectivity index (χ2v) is 8.72. The minimum absolute atomic E-state index is 0.232. The van der Waals surface area contributed by atoms with Gasteiger partial charge in [0.2, 0.25) is 5.78 Å². The lowest BCUT2D eigenvalue weighted by Crippen LogP contribution is -2.15. The average Bonchev–Trinajstić information content (AvgIpc) is 3.18. The van der Waals surface area contributed by atoms with Crippen LogP contribution in [0.4, 0.5) is 0 Å². The third-order valence-electron chi connectivity index (χ3n) is 3.71. The Labute approximate surface area is 175 Å². The smallest absolute Gasteiger partial charge is 0.338 e. The Balaban J connectivity index is 1.63. The number of carbonyl (C=O) groups is 2. The number of thioether (sulfide) groups is 2. The van der Waals surface area contributed by atoms with Gasteiger partial charge in [0.05, 0.1) is 17.1 Å². The predicted octanol–water partition coefficient (Wildman–Crippen LogP) is 5.37. The molecular weight excluding hydrogens is 425 g/mol. The van der Waals surface area contributed by atoms with E-state index in [0.29, 0.717) is 16.3 Å². The molecule has 1 heterocycles. The van der Waals surface area contributed by atoms with Crippen LogP contribution in [0.2, 0.25) is 10.0 Å². The highest BCUT2D eigenvalue weighted by Crippen LogP contribution is 2.27. The van der Waals surface area contributed by atoms with Crippen LogP contribution in [-0.2, 0) is 10.5 Å². The number of rotatable bonds is 6. The number of hydrogen-bond donors (Lipinski definition) is 0. The van der Waals surface area contributed by atoms with Crippen molar-refractivity contribution < 1.29 is 14.3 Å². The van der Waals surface area contributed by atoms with E-state index in [1.54, 1.807) is 41.7 Å². The summed E-state index contributed by atoms with van der Waals surface area (Å²) >= 11 is 15.2. The van der Waals surface area contributed by atoms with Crippen LogP contribution in [0.1, 0.15) is 26.3 Å². The second kappa shape index (κ2) is 9.64. The standard InChI is InChI=1S/C19H15Cl2NO3S2/c20-13-5-6-15(16(21)9-13)17(23)10-25-18(24)14-4-2-1-3-12(14)11-27-19-22-7-8-26-19/h1-6,9H,7-8,10-11H2. The highest BCUT2D eigenvalue weighted by molar-refractivity contribution is 8.38. The molecule has 0 fully saturated rings. The minimum Gasteiger partial charge on any atom is -0.454 e. The van der Waals surface area contributed by atoms with Crippen LogP contribution in [0.5, 0.6) is 0 Å². The summed E-state index contributed by atoms with van der Waals surface area (Å²) in [4.78, 5) is 29.1. The van der Waals surface area contributed by atoms with Crippen LogP contribution < -0.4 is 0 Å². The maximum atomic E-state index is 12.5. The Morgan fingerprint density at radius 1 is 1.15 bits per heavy atom. The summed E-state index contributed by atoms with van der Waals surface area (Å²) in [6, 6.07) is 11.8. The lowest BCUT2D eigenvalue weighted by molar-refractivity contribution is 0.0474. The van der Waals surface area contributed by atoms with Crippen molar-refractivity contribution in [3.8, 4) is 0 Å². The van der Waals surface area contributed by atoms with Crippen LogP contribution in [0.25, 0.3) is 0 Å². The SMILES string of the molecule is O=C(COC(=O)c1ccccc1CSC1=NCCS1)c1ccc(Cl)cc1Cl. The van der Waals surface area contributed by atoms with Crippen molar-refractivity contribution in [3.63, 3.8) is 0 Å². The van der Waals surface area contributed by atoms with Gasteiger partial charge in [-0.15, -0.1) is 0 Å². The minimum atomic E-state index is -0.536. The van der Waals surface area contributed by atoms with Crippen molar-refractivity contribution in [1.82, 2.24) is 0 Å². The molecule has 0 unspecified atom stereocenters. The van der Waals surface area contributed by atoms with Gasteiger partial charge in [-0.3, -0.25) is 9.79 Å². The molecule has 1 aliphatic rings. The first-order valence-corrected chi connectivity index (χ1v) is 10.8. The fourth-order valence-corrected chi connectivity index (χ4v) is 4.92. The molecule has 0 saturated heterocycles.